The fourth-order valence-corrected chi connectivity index (χ4v) is 3.20. The highest BCUT2D eigenvalue weighted by molar-refractivity contribution is 7.13. The minimum absolute atomic E-state index is 0.224. The van der Waals surface area contributed by atoms with Gasteiger partial charge in [-0.25, -0.2) is 9.37 Å². The first-order chi connectivity index (χ1) is 10.2. The third kappa shape index (κ3) is 2.73. The number of aromatic nitrogens is 1. The maximum absolute atomic E-state index is 13.6. The predicted octanol–water partition coefficient (Wildman–Crippen LogP) is 2.20. The molecule has 2 aromatic rings. The number of nitrogens with two attached hydrogens (primary N) is 1. The molecule has 7 heteroatoms. The highest BCUT2D eigenvalue weighted by Crippen LogP contribution is 2.32. The van der Waals surface area contributed by atoms with E-state index in [2.05, 4.69) is 14.8 Å². The number of benzene rings is 1. The smallest absolute Gasteiger partial charge is 0.185 e. The van der Waals surface area contributed by atoms with Gasteiger partial charge in [-0.1, -0.05) is 0 Å². The molecule has 1 aromatic heterocycles. The van der Waals surface area contributed by atoms with Gasteiger partial charge in [-0.15, -0.1) is 11.3 Å². The van der Waals surface area contributed by atoms with Crippen LogP contribution in [0.4, 0.5) is 20.9 Å². The molecule has 2 heterocycles. The van der Waals surface area contributed by atoms with Crippen LogP contribution >= 0.6 is 11.3 Å². The number of methoxy groups -OCH3 is 1. The van der Waals surface area contributed by atoms with Crippen LogP contribution < -0.4 is 20.3 Å². The average molecular weight is 308 g/mol. The number of nitrogen functional groups attached to an aromatic ring is 1. The van der Waals surface area contributed by atoms with Crippen LogP contribution in [-0.2, 0) is 0 Å². The summed E-state index contributed by atoms with van der Waals surface area (Å²) in [5.74, 6) is -0.207. The van der Waals surface area contributed by atoms with E-state index in [0.29, 0.717) is 5.69 Å². The Bertz CT molecular complexity index is 612. The molecule has 0 spiro atoms. The molecule has 1 aromatic carbocycles. The van der Waals surface area contributed by atoms with E-state index in [4.69, 9.17) is 10.5 Å². The van der Waals surface area contributed by atoms with Crippen molar-refractivity contribution in [3.8, 4) is 5.75 Å². The van der Waals surface area contributed by atoms with Gasteiger partial charge in [0, 0.05) is 49.9 Å². The molecule has 112 valence electrons. The molecule has 1 aliphatic rings. The molecule has 0 saturated carbocycles. The summed E-state index contributed by atoms with van der Waals surface area (Å²) in [6.07, 6.45) is 1.81. The molecule has 21 heavy (non-hydrogen) atoms. The molecule has 5 nitrogen and oxygen atoms in total. The number of nitrogens with zero attached hydrogens (tertiary/aromatic N) is 3. The van der Waals surface area contributed by atoms with E-state index in [1.54, 1.807) is 17.4 Å². The molecule has 2 N–H and O–H groups in total. The van der Waals surface area contributed by atoms with Gasteiger partial charge in [-0.2, -0.15) is 0 Å². The fraction of sp³-hybridized carbons (Fsp3) is 0.357. The molecule has 1 aliphatic heterocycles. The van der Waals surface area contributed by atoms with Crippen molar-refractivity contribution in [2.45, 2.75) is 0 Å². The van der Waals surface area contributed by atoms with Crippen molar-refractivity contribution in [3.63, 3.8) is 0 Å². The van der Waals surface area contributed by atoms with Gasteiger partial charge in [0.1, 0.15) is 0 Å². The summed E-state index contributed by atoms with van der Waals surface area (Å²) in [5, 5.41) is 3.02. The van der Waals surface area contributed by atoms with Crippen molar-refractivity contribution in [1.82, 2.24) is 4.98 Å². The first-order valence-electron chi connectivity index (χ1n) is 6.71. The summed E-state index contributed by atoms with van der Waals surface area (Å²) in [4.78, 5) is 8.73. The van der Waals surface area contributed by atoms with Crippen LogP contribution in [0.5, 0.6) is 5.75 Å². The van der Waals surface area contributed by atoms with E-state index in [-0.39, 0.29) is 5.75 Å². The monoisotopic (exact) mass is 308 g/mol. The van der Waals surface area contributed by atoms with Gasteiger partial charge in [0.05, 0.1) is 18.5 Å². The van der Waals surface area contributed by atoms with Gasteiger partial charge in [-0.05, 0) is 0 Å². The second-order valence-electron chi connectivity index (χ2n) is 4.83. The summed E-state index contributed by atoms with van der Waals surface area (Å²) < 4.78 is 18.6. The lowest BCUT2D eigenvalue weighted by molar-refractivity contribution is 0.386. The molecule has 0 amide bonds. The summed E-state index contributed by atoms with van der Waals surface area (Å²) in [6, 6.07) is 2.99. The maximum atomic E-state index is 13.6. The van der Waals surface area contributed by atoms with Gasteiger partial charge in [0.2, 0.25) is 0 Å². The zero-order chi connectivity index (χ0) is 14.8. The van der Waals surface area contributed by atoms with E-state index in [1.807, 2.05) is 11.6 Å². The number of hydrogen-bond donors (Lipinski definition) is 1. The lowest BCUT2D eigenvalue weighted by atomic mass is 10.2. The minimum atomic E-state index is -0.430. The highest BCUT2D eigenvalue weighted by atomic mass is 32.1. The second-order valence-corrected chi connectivity index (χ2v) is 5.71. The van der Waals surface area contributed by atoms with E-state index in [9.17, 15) is 4.39 Å². The number of rotatable bonds is 3. The Hall–Kier alpha value is -2.02. The van der Waals surface area contributed by atoms with Crippen molar-refractivity contribution < 1.29 is 9.13 Å². The largest absolute Gasteiger partial charge is 0.494 e. The first-order valence-corrected chi connectivity index (χ1v) is 7.59. The molecule has 1 saturated heterocycles. The lowest BCUT2D eigenvalue weighted by Gasteiger charge is -2.36. The van der Waals surface area contributed by atoms with Crippen LogP contribution in [0, 0.1) is 5.82 Å². The second kappa shape index (κ2) is 5.77. The normalized spacial score (nSPS) is 15.3. The molecular weight excluding hydrogens is 291 g/mol. The molecular formula is C14H17FN4OS. The zero-order valence-corrected chi connectivity index (χ0v) is 12.6. The predicted molar refractivity (Wildman–Crippen MR) is 83.9 cm³/mol. The number of piperazine rings is 1. The standard InChI is InChI=1S/C14H17FN4OS/c1-20-13-9-12(11(16)8-10(13)15)18-3-5-19(6-4-18)14-17-2-7-21-14/h2,7-9H,3-6,16H2,1H3. The van der Waals surface area contributed by atoms with Crippen LogP contribution in [0.25, 0.3) is 0 Å². The van der Waals surface area contributed by atoms with Gasteiger partial charge in [-0.3, -0.25) is 0 Å². The van der Waals surface area contributed by atoms with Crippen molar-refractivity contribution >= 4 is 27.8 Å². The SMILES string of the molecule is COc1cc(N2CCN(c3nccs3)CC2)c(N)cc1F. The lowest BCUT2D eigenvalue weighted by Crippen LogP contribution is -2.46. The van der Waals surface area contributed by atoms with E-state index >= 15 is 0 Å². The van der Waals surface area contributed by atoms with Crippen LogP contribution in [0.1, 0.15) is 0 Å². The number of thiazole rings is 1. The third-order valence-corrected chi connectivity index (χ3v) is 4.44. The van der Waals surface area contributed by atoms with Gasteiger partial charge >= 0.3 is 0 Å². The molecule has 1 fully saturated rings. The summed E-state index contributed by atoms with van der Waals surface area (Å²) >= 11 is 1.64. The summed E-state index contributed by atoms with van der Waals surface area (Å²) in [7, 11) is 1.46. The highest BCUT2D eigenvalue weighted by Gasteiger charge is 2.21. The van der Waals surface area contributed by atoms with Gasteiger partial charge in [0.25, 0.3) is 0 Å². The number of halogens is 1. The van der Waals surface area contributed by atoms with Crippen LogP contribution in [-0.4, -0.2) is 38.3 Å². The molecule has 3 rings (SSSR count). The number of ether oxygens (including phenoxy) is 1. The topological polar surface area (TPSA) is 54.6 Å². The van der Waals surface area contributed by atoms with Gasteiger partial charge < -0.3 is 20.3 Å². The van der Waals surface area contributed by atoms with Crippen molar-refractivity contribution in [2.75, 3.05) is 48.8 Å². The molecule has 0 unspecified atom stereocenters. The summed E-state index contributed by atoms with van der Waals surface area (Å²) in [6.45, 7) is 3.37. The van der Waals surface area contributed by atoms with Crippen molar-refractivity contribution in [3.05, 3.63) is 29.5 Å². The van der Waals surface area contributed by atoms with Crippen LogP contribution in [0.2, 0.25) is 0 Å². The number of hydrogen-bond acceptors (Lipinski definition) is 6. The van der Waals surface area contributed by atoms with E-state index < -0.39 is 5.82 Å². The quantitative estimate of drug-likeness (QED) is 0.881. The minimum Gasteiger partial charge on any atom is -0.494 e. The first kappa shape index (κ1) is 13.9. The molecule has 0 radical (unpaired) electrons. The average Bonchev–Trinajstić information content (AvgIpc) is 3.02. The van der Waals surface area contributed by atoms with E-state index in [0.717, 1.165) is 37.0 Å². The Kier molecular flexibility index (Phi) is 3.83. The Morgan fingerprint density at radius 3 is 2.57 bits per heavy atom. The number of anilines is 3. The van der Waals surface area contributed by atoms with Crippen LogP contribution in [0.3, 0.4) is 0 Å². The van der Waals surface area contributed by atoms with Gasteiger partial charge in [0.15, 0.2) is 16.7 Å². The third-order valence-electron chi connectivity index (χ3n) is 3.61. The van der Waals surface area contributed by atoms with Crippen molar-refractivity contribution in [1.29, 1.82) is 0 Å². The molecule has 0 atom stereocenters. The zero-order valence-electron chi connectivity index (χ0n) is 11.8. The maximum Gasteiger partial charge on any atom is 0.185 e. The van der Waals surface area contributed by atoms with E-state index in [1.165, 1.54) is 13.2 Å². The van der Waals surface area contributed by atoms with Crippen molar-refractivity contribution in [2.24, 2.45) is 0 Å². The Balaban J connectivity index is 1.75. The Morgan fingerprint density at radius 1 is 1.24 bits per heavy atom. The summed E-state index contributed by atoms with van der Waals surface area (Å²) in [5.41, 5.74) is 7.21. The molecule has 0 aliphatic carbocycles. The van der Waals surface area contributed by atoms with Crippen LogP contribution in [0.15, 0.2) is 23.7 Å². The Labute approximate surface area is 126 Å². The fourth-order valence-electron chi connectivity index (χ4n) is 2.50. The molecule has 0 bridgehead atoms. The Morgan fingerprint density at radius 2 is 1.95 bits per heavy atom.